The van der Waals surface area contributed by atoms with Crippen molar-refractivity contribution in [1.29, 1.82) is 0 Å². The summed E-state index contributed by atoms with van der Waals surface area (Å²) in [7, 11) is 0. The van der Waals surface area contributed by atoms with Crippen molar-refractivity contribution in [3.05, 3.63) is 22.4 Å². The molecule has 3 heteroatoms. The Bertz CT molecular complexity index is 273. The molecule has 2 rings (SSSR count). The van der Waals surface area contributed by atoms with Gasteiger partial charge in [-0.1, -0.05) is 0 Å². The van der Waals surface area contributed by atoms with Crippen LogP contribution in [0.25, 0.3) is 0 Å². The molecule has 1 saturated heterocycles. The maximum atomic E-state index is 11.6. The summed E-state index contributed by atoms with van der Waals surface area (Å²) in [5.41, 5.74) is 0.834. The summed E-state index contributed by atoms with van der Waals surface area (Å²) >= 11 is 1.56. The van der Waals surface area contributed by atoms with E-state index in [1.165, 1.54) is 0 Å². The molecule has 1 aromatic rings. The summed E-state index contributed by atoms with van der Waals surface area (Å²) < 4.78 is 5.40. The molecule has 2 heterocycles. The average molecular weight is 196 g/mol. The number of hydrogen-bond acceptors (Lipinski definition) is 3. The van der Waals surface area contributed by atoms with E-state index in [-0.39, 0.29) is 11.9 Å². The number of Topliss-reactive ketones (excluding diaryl/α,β-unsaturated/α-hetero) is 1. The fourth-order valence-electron chi connectivity index (χ4n) is 1.55. The lowest BCUT2D eigenvalue weighted by Gasteiger charge is -2.06. The van der Waals surface area contributed by atoms with Crippen LogP contribution in [0.1, 0.15) is 29.6 Å². The third kappa shape index (κ3) is 2.17. The summed E-state index contributed by atoms with van der Waals surface area (Å²) in [4.78, 5) is 11.6. The molecular formula is C10H12O2S. The highest BCUT2D eigenvalue weighted by molar-refractivity contribution is 7.08. The van der Waals surface area contributed by atoms with Crippen molar-refractivity contribution in [2.24, 2.45) is 0 Å². The van der Waals surface area contributed by atoms with Crippen molar-refractivity contribution in [3.63, 3.8) is 0 Å². The summed E-state index contributed by atoms with van der Waals surface area (Å²) in [5.74, 6) is 0.216. The highest BCUT2D eigenvalue weighted by atomic mass is 32.1. The molecule has 0 bridgehead atoms. The van der Waals surface area contributed by atoms with Gasteiger partial charge in [0.2, 0.25) is 0 Å². The second-order valence-electron chi connectivity index (χ2n) is 3.27. The third-order valence-electron chi connectivity index (χ3n) is 2.28. The van der Waals surface area contributed by atoms with Gasteiger partial charge in [-0.15, -0.1) is 0 Å². The van der Waals surface area contributed by atoms with E-state index in [2.05, 4.69) is 0 Å². The van der Waals surface area contributed by atoms with E-state index in [1.807, 2.05) is 16.8 Å². The topological polar surface area (TPSA) is 26.3 Å². The quantitative estimate of drug-likeness (QED) is 0.694. The van der Waals surface area contributed by atoms with Crippen molar-refractivity contribution in [2.75, 3.05) is 6.61 Å². The van der Waals surface area contributed by atoms with Crippen LogP contribution in [0.3, 0.4) is 0 Å². The second-order valence-corrected chi connectivity index (χ2v) is 4.05. The average Bonchev–Trinajstić information content (AvgIpc) is 2.74. The molecule has 1 fully saturated rings. The standard InChI is InChI=1S/C10H12O2S/c11-10(8-3-5-13-7-8)6-9-2-1-4-12-9/h3,5,7,9H,1-2,4,6H2. The van der Waals surface area contributed by atoms with Crippen LogP contribution in [0.4, 0.5) is 0 Å². The van der Waals surface area contributed by atoms with Crippen molar-refractivity contribution < 1.29 is 9.53 Å². The normalized spacial score (nSPS) is 22.0. The van der Waals surface area contributed by atoms with E-state index in [1.54, 1.807) is 11.3 Å². The number of carbonyl (C=O) groups excluding carboxylic acids is 1. The first kappa shape index (κ1) is 8.91. The summed E-state index contributed by atoms with van der Waals surface area (Å²) in [6.45, 7) is 0.821. The molecule has 1 atom stereocenters. The number of hydrogen-bond donors (Lipinski definition) is 0. The second kappa shape index (κ2) is 4.03. The van der Waals surface area contributed by atoms with E-state index in [0.29, 0.717) is 6.42 Å². The van der Waals surface area contributed by atoms with Crippen LogP contribution >= 0.6 is 11.3 Å². The van der Waals surface area contributed by atoms with E-state index in [4.69, 9.17) is 4.74 Å². The number of carbonyl (C=O) groups is 1. The Morgan fingerprint density at radius 1 is 1.69 bits per heavy atom. The van der Waals surface area contributed by atoms with Crippen LogP contribution in [0.15, 0.2) is 16.8 Å². The van der Waals surface area contributed by atoms with E-state index in [9.17, 15) is 4.79 Å². The minimum atomic E-state index is 0.174. The molecule has 1 aromatic heterocycles. The third-order valence-corrected chi connectivity index (χ3v) is 2.96. The molecule has 0 saturated carbocycles. The zero-order chi connectivity index (χ0) is 9.10. The Kier molecular flexibility index (Phi) is 2.76. The lowest BCUT2D eigenvalue weighted by molar-refractivity contribution is 0.0776. The minimum Gasteiger partial charge on any atom is -0.378 e. The van der Waals surface area contributed by atoms with Gasteiger partial charge in [0.05, 0.1) is 6.10 Å². The van der Waals surface area contributed by atoms with Crippen LogP contribution in [0.2, 0.25) is 0 Å². The molecule has 13 heavy (non-hydrogen) atoms. The predicted octanol–water partition coefficient (Wildman–Crippen LogP) is 2.50. The van der Waals surface area contributed by atoms with Gasteiger partial charge in [-0.05, 0) is 24.3 Å². The van der Waals surface area contributed by atoms with E-state index in [0.717, 1.165) is 25.0 Å². The summed E-state index contributed by atoms with van der Waals surface area (Å²) in [6.07, 6.45) is 2.86. The van der Waals surface area contributed by atoms with Crippen molar-refractivity contribution in [3.8, 4) is 0 Å². The van der Waals surface area contributed by atoms with Crippen LogP contribution in [-0.2, 0) is 4.74 Å². The molecule has 0 spiro atoms. The van der Waals surface area contributed by atoms with Gasteiger partial charge in [0.1, 0.15) is 0 Å². The lowest BCUT2D eigenvalue weighted by atomic mass is 10.1. The molecule has 0 amide bonds. The fraction of sp³-hybridized carbons (Fsp3) is 0.500. The number of ether oxygens (including phenoxy) is 1. The maximum Gasteiger partial charge on any atom is 0.166 e. The summed E-state index contributed by atoms with van der Waals surface area (Å²) in [5, 5.41) is 3.83. The molecule has 70 valence electrons. The zero-order valence-corrected chi connectivity index (χ0v) is 8.18. The zero-order valence-electron chi connectivity index (χ0n) is 7.36. The predicted molar refractivity (Wildman–Crippen MR) is 52.2 cm³/mol. The van der Waals surface area contributed by atoms with Crippen molar-refractivity contribution >= 4 is 17.1 Å². The van der Waals surface area contributed by atoms with Gasteiger partial charge in [0.15, 0.2) is 5.78 Å². The molecule has 0 N–H and O–H groups in total. The largest absolute Gasteiger partial charge is 0.378 e. The fourth-order valence-corrected chi connectivity index (χ4v) is 2.21. The Morgan fingerprint density at radius 3 is 3.23 bits per heavy atom. The SMILES string of the molecule is O=C(CC1CCCO1)c1ccsc1. The number of rotatable bonds is 3. The Morgan fingerprint density at radius 2 is 2.62 bits per heavy atom. The highest BCUT2D eigenvalue weighted by Gasteiger charge is 2.19. The van der Waals surface area contributed by atoms with Gasteiger partial charge in [0.25, 0.3) is 0 Å². The van der Waals surface area contributed by atoms with Gasteiger partial charge in [-0.25, -0.2) is 0 Å². The van der Waals surface area contributed by atoms with Crippen LogP contribution in [-0.4, -0.2) is 18.5 Å². The first-order chi connectivity index (χ1) is 6.36. The first-order valence-corrected chi connectivity index (χ1v) is 5.47. The summed E-state index contributed by atoms with van der Waals surface area (Å²) in [6, 6.07) is 1.88. The molecule has 1 unspecified atom stereocenters. The van der Waals surface area contributed by atoms with Crippen molar-refractivity contribution in [1.82, 2.24) is 0 Å². The molecule has 1 aliphatic heterocycles. The maximum absolute atomic E-state index is 11.6. The van der Waals surface area contributed by atoms with Crippen LogP contribution in [0, 0.1) is 0 Å². The van der Waals surface area contributed by atoms with Crippen molar-refractivity contribution in [2.45, 2.75) is 25.4 Å². The smallest absolute Gasteiger partial charge is 0.166 e. The molecular weight excluding hydrogens is 184 g/mol. The van der Waals surface area contributed by atoms with Gasteiger partial charge in [-0.3, -0.25) is 4.79 Å². The molecule has 0 aliphatic carbocycles. The Labute approximate surface area is 81.5 Å². The van der Waals surface area contributed by atoms with Crippen LogP contribution < -0.4 is 0 Å². The lowest BCUT2D eigenvalue weighted by Crippen LogP contribution is -2.11. The van der Waals surface area contributed by atoms with Gasteiger partial charge in [-0.2, -0.15) is 11.3 Å². The van der Waals surface area contributed by atoms with E-state index < -0.39 is 0 Å². The van der Waals surface area contributed by atoms with Gasteiger partial charge in [0, 0.05) is 24.0 Å². The minimum absolute atomic E-state index is 0.174. The number of ketones is 1. The monoisotopic (exact) mass is 196 g/mol. The molecule has 0 radical (unpaired) electrons. The van der Waals surface area contributed by atoms with Gasteiger partial charge >= 0.3 is 0 Å². The number of thiophene rings is 1. The molecule has 0 aromatic carbocycles. The van der Waals surface area contributed by atoms with E-state index >= 15 is 0 Å². The Balaban J connectivity index is 1.91. The highest BCUT2D eigenvalue weighted by Crippen LogP contribution is 2.18. The first-order valence-electron chi connectivity index (χ1n) is 4.53. The molecule has 2 nitrogen and oxygen atoms in total. The Hall–Kier alpha value is -0.670. The van der Waals surface area contributed by atoms with Gasteiger partial charge < -0.3 is 4.74 Å². The van der Waals surface area contributed by atoms with Crippen LogP contribution in [0.5, 0.6) is 0 Å². The molecule has 1 aliphatic rings.